The zero-order valence-electron chi connectivity index (χ0n) is 40.1. The fraction of sp³-hybridized carbons (Fsp3) is 0.426. The third-order valence-electron chi connectivity index (χ3n) is 14.3. The van der Waals surface area contributed by atoms with Crippen LogP contribution in [0.4, 0.5) is 0 Å². The molecule has 2 fully saturated rings. The van der Waals surface area contributed by atoms with Gasteiger partial charge in [0.05, 0.1) is 55.5 Å². The maximum absolute atomic E-state index is 15.2. The number of amides is 3. The zero-order valence-corrected chi connectivity index (χ0v) is 42.4. The number of benzene rings is 4. The maximum atomic E-state index is 15.2. The number of likely N-dealkylation sites (N-methyl/N-ethyl adjacent to an activating group) is 2. The van der Waals surface area contributed by atoms with Crippen LogP contribution in [0.15, 0.2) is 97.2 Å². The average Bonchev–Trinajstić information content (AvgIpc) is 4.11. The summed E-state index contributed by atoms with van der Waals surface area (Å²) >= 11 is 12.9. The maximum Gasteiger partial charge on any atom is 0.228 e. The van der Waals surface area contributed by atoms with E-state index in [4.69, 9.17) is 37.7 Å². The first-order valence-electron chi connectivity index (χ1n) is 23.7. The Labute approximate surface area is 422 Å². The van der Waals surface area contributed by atoms with Crippen LogP contribution in [0.5, 0.6) is 11.5 Å². The third kappa shape index (κ3) is 12.0. The molecule has 0 unspecified atom stereocenters. The highest BCUT2D eigenvalue weighted by molar-refractivity contribution is 6.31. The second kappa shape index (κ2) is 23.1. The third-order valence-corrected chi connectivity index (χ3v) is 14.8. The molecule has 1 aromatic heterocycles. The van der Waals surface area contributed by atoms with Gasteiger partial charge in [0.15, 0.2) is 5.78 Å². The van der Waals surface area contributed by atoms with Gasteiger partial charge in [-0.25, -0.2) is 4.98 Å². The van der Waals surface area contributed by atoms with Gasteiger partial charge in [0, 0.05) is 68.8 Å². The number of imidazole rings is 1. The standard InChI is InChI=1S/C54H62Cl2N6O6.ClH/c1-35-49(63)27-40(34-67-5)53(65)59(3)43(26-36-12-18-41(55)19-13-36)32-58(2)54(66)47(46-23-17-37-10-6-7-11-45(37)46)29-52(64)62(35)31-39-14-20-42(56)28-50(39)68-44-21-15-38(16-22-44)48-30-57-51(60(48)4)33-61-24-8-9-25-61;/h6-7,10-16,18-22,28,30,35,40,43,46-47H,8-9,17,23-27,29,31-34H2,1-5H3;1H/t35-,40-,43+,46-,47-;/m0./s1. The summed E-state index contributed by atoms with van der Waals surface area (Å²) in [6.07, 6.45) is 5.98. The van der Waals surface area contributed by atoms with E-state index >= 15 is 9.59 Å². The van der Waals surface area contributed by atoms with Gasteiger partial charge in [-0.3, -0.25) is 24.1 Å². The first-order valence-corrected chi connectivity index (χ1v) is 24.5. The molecule has 366 valence electrons. The van der Waals surface area contributed by atoms with Gasteiger partial charge in [-0.2, -0.15) is 0 Å². The summed E-state index contributed by atoms with van der Waals surface area (Å²) in [6, 6.07) is 27.1. The number of carbonyl (C=O) groups is 4. The summed E-state index contributed by atoms with van der Waals surface area (Å²) in [7, 11) is 7.03. The summed E-state index contributed by atoms with van der Waals surface area (Å²) in [5.41, 5.74) is 5.76. The van der Waals surface area contributed by atoms with Crippen molar-refractivity contribution >= 4 is 59.1 Å². The first kappa shape index (κ1) is 51.6. The van der Waals surface area contributed by atoms with Crippen molar-refractivity contribution in [2.24, 2.45) is 18.9 Å². The predicted octanol–water partition coefficient (Wildman–Crippen LogP) is 9.42. The van der Waals surface area contributed by atoms with Crippen molar-refractivity contribution in [1.29, 1.82) is 0 Å². The van der Waals surface area contributed by atoms with Crippen LogP contribution < -0.4 is 4.74 Å². The summed E-state index contributed by atoms with van der Waals surface area (Å²) in [5, 5.41) is 1.03. The van der Waals surface area contributed by atoms with E-state index in [0.717, 1.165) is 59.8 Å². The van der Waals surface area contributed by atoms with Gasteiger partial charge in [-0.15, -0.1) is 12.4 Å². The van der Waals surface area contributed by atoms with Crippen LogP contribution in [0.25, 0.3) is 11.3 Å². The van der Waals surface area contributed by atoms with Gasteiger partial charge in [-0.1, -0.05) is 65.7 Å². The average molecular weight is 998 g/mol. The number of halogens is 3. The monoisotopic (exact) mass is 996 g/mol. The molecule has 2 saturated heterocycles. The number of aryl methyl sites for hydroxylation is 1. The zero-order chi connectivity index (χ0) is 48.1. The Hall–Kier alpha value is -5.24. The van der Waals surface area contributed by atoms with Crippen molar-refractivity contribution in [2.45, 2.75) is 83.0 Å². The smallest absolute Gasteiger partial charge is 0.228 e. The van der Waals surface area contributed by atoms with Gasteiger partial charge < -0.3 is 28.7 Å². The minimum atomic E-state index is -0.978. The lowest BCUT2D eigenvalue weighted by atomic mass is 9.83. The largest absolute Gasteiger partial charge is 0.457 e. The second-order valence-corrected chi connectivity index (χ2v) is 19.7. The summed E-state index contributed by atoms with van der Waals surface area (Å²) in [5.74, 6) is -0.943. The number of methoxy groups -OCH3 is 1. The minimum absolute atomic E-state index is 0. The SMILES string of the molecule is COC[C@@H]1CC(=O)[C@H](C)N(Cc2ccc(Cl)cc2Oc2ccc(-c3cnc(CN4CCCC4)n3C)cc2)C(=O)C[C@@H]([C@H]2CCc3ccccc32)C(=O)N(C)C[C@@H](Cc2ccc(Cl)cc2)N(C)C1=O.Cl. The lowest BCUT2D eigenvalue weighted by Crippen LogP contribution is -2.52. The summed E-state index contributed by atoms with van der Waals surface area (Å²) in [4.78, 5) is 71.4. The molecule has 3 amide bonds. The van der Waals surface area contributed by atoms with Crippen molar-refractivity contribution in [1.82, 2.24) is 29.2 Å². The van der Waals surface area contributed by atoms with Crippen LogP contribution in [0.2, 0.25) is 10.0 Å². The quantitative estimate of drug-likeness (QED) is 0.121. The van der Waals surface area contributed by atoms with E-state index in [0.29, 0.717) is 39.9 Å². The number of hydrogen-bond donors (Lipinski definition) is 0. The highest BCUT2D eigenvalue weighted by Crippen LogP contribution is 2.41. The van der Waals surface area contributed by atoms with Gasteiger partial charge >= 0.3 is 0 Å². The molecule has 8 rings (SSSR count). The molecule has 5 aromatic rings. The molecule has 1 aliphatic carbocycles. The van der Waals surface area contributed by atoms with Crippen LogP contribution in [0.3, 0.4) is 0 Å². The van der Waals surface area contributed by atoms with Crippen LogP contribution >= 0.6 is 35.6 Å². The van der Waals surface area contributed by atoms with Crippen molar-refractivity contribution in [3.63, 3.8) is 0 Å². The van der Waals surface area contributed by atoms with Crippen molar-refractivity contribution in [2.75, 3.05) is 47.4 Å². The first-order chi connectivity index (χ1) is 32.8. The van der Waals surface area contributed by atoms with Gasteiger partial charge in [0.1, 0.15) is 17.3 Å². The number of Topliss-reactive ketones (excluding diaryl/α,β-unsaturated/α-hetero) is 1. The Kier molecular flexibility index (Phi) is 17.3. The number of nitrogens with zero attached hydrogens (tertiary/aromatic N) is 6. The second-order valence-electron chi connectivity index (χ2n) is 18.8. The number of likely N-dealkylation sites (tertiary alicyclic amines) is 1. The van der Waals surface area contributed by atoms with Crippen molar-refractivity contribution < 1.29 is 28.7 Å². The Morgan fingerprint density at radius 3 is 2.23 bits per heavy atom. The Balaban J connectivity index is 0.00000703. The molecule has 3 heterocycles. The van der Waals surface area contributed by atoms with E-state index in [1.165, 1.54) is 24.9 Å². The van der Waals surface area contributed by atoms with Gasteiger partial charge in [0.25, 0.3) is 0 Å². The van der Waals surface area contributed by atoms with Gasteiger partial charge in [0.2, 0.25) is 17.7 Å². The van der Waals surface area contributed by atoms with Crippen LogP contribution in [0, 0.1) is 11.8 Å². The predicted molar refractivity (Wildman–Crippen MR) is 272 cm³/mol. The Morgan fingerprint density at radius 2 is 1.51 bits per heavy atom. The number of carbonyl (C=O) groups excluding carboxylic acids is 4. The number of rotatable bonds is 12. The molecule has 4 aromatic carbocycles. The molecule has 0 radical (unpaired) electrons. The van der Waals surface area contributed by atoms with E-state index in [-0.39, 0.29) is 74.4 Å². The van der Waals surface area contributed by atoms with E-state index in [1.54, 1.807) is 61.2 Å². The molecular formula is C54H63Cl3N6O6. The van der Waals surface area contributed by atoms with Crippen LogP contribution in [0.1, 0.15) is 73.0 Å². The molecule has 0 saturated carbocycles. The van der Waals surface area contributed by atoms with E-state index < -0.39 is 23.9 Å². The summed E-state index contributed by atoms with van der Waals surface area (Å²) < 4.78 is 14.2. The fourth-order valence-corrected chi connectivity index (χ4v) is 10.6. The van der Waals surface area contributed by atoms with E-state index in [2.05, 4.69) is 21.6 Å². The number of aromatic nitrogens is 2. The van der Waals surface area contributed by atoms with E-state index in [9.17, 15) is 9.59 Å². The molecular weight excluding hydrogens is 935 g/mol. The highest BCUT2D eigenvalue weighted by atomic mass is 35.5. The number of ketones is 1. The molecule has 0 spiro atoms. The summed E-state index contributed by atoms with van der Waals surface area (Å²) in [6.45, 7) is 4.88. The molecule has 3 aliphatic rings. The van der Waals surface area contributed by atoms with Crippen molar-refractivity contribution in [3.05, 3.63) is 135 Å². The lowest BCUT2D eigenvalue weighted by molar-refractivity contribution is -0.148. The number of hydrogen-bond acceptors (Lipinski definition) is 8. The Morgan fingerprint density at radius 1 is 0.797 bits per heavy atom. The van der Waals surface area contributed by atoms with Crippen LogP contribution in [-0.4, -0.2) is 112 Å². The number of fused-ring (bicyclic) bond motifs is 1. The van der Waals surface area contributed by atoms with Crippen LogP contribution in [-0.2, 0) is 56.9 Å². The molecule has 12 nitrogen and oxygen atoms in total. The highest BCUT2D eigenvalue weighted by Gasteiger charge is 2.41. The van der Waals surface area contributed by atoms with Crippen molar-refractivity contribution in [3.8, 4) is 22.8 Å². The molecule has 0 N–H and O–H groups in total. The molecule has 5 atom stereocenters. The minimum Gasteiger partial charge on any atom is -0.457 e. The van der Waals surface area contributed by atoms with Gasteiger partial charge in [-0.05, 0) is 123 Å². The topological polar surface area (TPSA) is 118 Å². The fourth-order valence-electron chi connectivity index (χ4n) is 10.3. The lowest BCUT2D eigenvalue weighted by Gasteiger charge is -2.38. The molecule has 0 bridgehead atoms. The normalized spacial score (nSPS) is 21.9. The Bertz CT molecular complexity index is 2600. The molecule has 15 heteroatoms. The number of ether oxygens (including phenoxy) is 2. The molecule has 69 heavy (non-hydrogen) atoms. The van der Waals surface area contributed by atoms with E-state index in [1.807, 2.05) is 61.8 Å². The molecule has 2 aliphatic heterocycles.